The fraction of sp³-hybridized carbons (Fsp3) is 0.350. The average molecular weight is 322 g/mol. The van der Waals surface area contributed by atoms with E-state index in [0.29, 0.717) is 24.2 Å². The van der Waals surface area contributed by atoms with Gasteiger partial charge in [-0.3, -0.25) is 4.79 Å². The third-order valence-corrected chi connectivity index (χ3v) is 4.70. The van der Waals surface area contributed by atoms with Crippen LogP contribution in [0.4, 0.5) is 0 Å². The summed E-state index contributed by atoms with van der Waals surface area (Å²) < 4.78 is 5.42. The van der Waals surface area contributed by atoms with Gasteiger partial charge in [-0.1, -0.05) is 26.0 Å². The first-order valence-electron chi connectivity index (χ1n) is 8.58. The van der Waals surface area contributed by atoms with E-state index in [2.05, 4.69) is 37.0 Å². The summed E-state index contributed by atoms with van der Waals surface area (Å²) in [6.07, 6.45) is 3.80. The highest BCUT2D eigenvalue weighted by molar-refractivity contribution is 5.98. The van der Waals surface area contributed by atoms with Crippen LogP contribution in [0.3, 0.4) is 0 Å². The van der Waals surface area contributed by atoms with Gasteiger partial charge in [-0.25, -0.2) is 0 Å². The van der Waals surface area contributed by atoms with Gasteiger partial charge in [0.25, 0.3) is 5.91 Å². The average Bonchev–Trinajstić information content (AvgIpc) is 3.11. The molecule has 3 aromatic rings. The Morgan fingerprint density at radius 2 is 2.12 bits per heavy atom. The molecule has 0 radical (unpaired) electrons. The molecule has 0 atom stereocenters. The Labute approximate surface area is 141 Å². The first-order chi connectivity index (χ1) is 11.6. The molecule has 0 bridgehead atoms. The molecule has 1 fully saturated rings. The fourth-order valence-corrected chi connectivity index (χ4v) is 3.10. The van der Waals surface area contributed by atoms with E-state index in [-0.39, 0.29) is 5.91 Å². The van der Waals surface area contributed by atoms with Crippen LogP contribution in [0.2, 0.25) is 0 Å². The molecule has 1 aromatic carbocycles. The van der Waals surface area contributed by atoms with Gasteiger partial charge in [-0.15, -0.1) is 0 Å². The van der Waals surface area contributed by atoms with Crippen molar-refractivity contribution in [2.45, 2.75) is 45.2 Å². The van der Waals surface area contributed by atoms with Gasteiger partial charge in [0.05, 0.1) is 12.8 Å². The minimum absolute atomic E-state index is 0.0520. The highest BCUT2D eigenvalue weighted by atomic mass is 16.3. The molecule has 1 N–H and O–H groups in total. The summed E-state index contributed by atoms with van der Waals surface area (Å²) >= 11 is 0. The van der Waals surface area contributed by atoms with E-state index in [1.165, 1.54) is 5.56 Å². The van der Waals surface area contributed by atoms with Gasteiger partial charge in [0.15, 0.2) is 0 Å². The SMILES string of the molecule is CC(C)c1ccc2cc(C(=O)N(Cc3ccco3)C3CC3)[nH]c2c1. The maximum atomic E-state index is 13.0. The molecule has 1 saturated carbocycles. The number of nitrogens with one attached hydrogen (secondary N) is 1. The second-order valence-corrected chi connectivity index (χ2v) is 6.93. The van der Waals surface area contributed by atoms with Crippen molar-refractivity contribution >= 4 is 16.8 Å². The van der Waals surface area contributed by atoms with Crippen molar-refractivity contribution in [3.8, 4) is 0 Å². The molecule has 1 aliphatic carbocycles. The smallest absolute Gasteiger partial charge is 0.270 e. The number of fused-ring (bicyclic) bond motifs is 1. The molecule has 0 aliphatic heterocycles. The lowest BCUT2D eigenvalue weighted by molar-refractivity contribution is 0.0712. The van der Waals surface area contributed by atoms with Crippen molar-refractivity contribution in [3.63, 3.8) is 0 Å². The minimum atomic E-state index is 0.0520. The topological polar surface area (TPSA) is 49.2 Å². The number of rotatable bonds is 5. The van der Waals surface area contributed by atoms with Crippen LogP contribution in [-0.2, 0) is 6.54 Å². The number of aromatic nitrogens is 1. The van der Waals surface area contributed by atoms with Crippen LogP contribution >= 0.6 is 0 Å². The van der Waals surface area contributed by atoms with Crippen molar-refractivity contribution in [1.82, 2.24) is 9.88 Å². The number of amides is 1. The summed E-state index contributed by atoms with van der Waals surface area (Å²) in [4.78, 5) is 18.2. The molecule has 0 saturated heterocycles. The molecular weight excluding hydrogens is 300 g/mol. The molecule has 0 unspecified atom stereocenters. The third kappa shape index (κ3) is 2.84. The first-order valence-corrected chi connectivity index (χ1v) is 8.58. The van der Waals surface area contributed by atoms with E-state index < -0.39 is 0 Å². The van der Waals surface area contributed by atoms with Gasteiger partial charge in [0.1, 0.15) is 11.5 Å². The van der Waals surface area contributed by atoms with Gasteiger partial charge in [-0.05, 0) is 48.6 Å². The van der Waals surface area contributed by atoms with E-state index in [1.807, 2.05) is 23.1 Å². The van der Waals surface area contributed by atoms with Crippen molar-refractivity contribution < 1.29 is 9.21 Å². The number of nitrogens with zero attached hydrogens (tertiary/aromatic N) is 1. The number of H-pyrrole nitrogens is 1. The third-order valence-electron chi connectivity index (χ3n) is 4.70. The van der Waals surface area contributed by atoms with Crippen molar-refractivity contribution in [2.75, 3.05) is 0 Å². The molecule has 4 nitrogen and oxygen atoms in total. The summed E-state index contributed by atoms with van der Waals surface area (Å²) in [5, 5.41) is 1.08. The quantitative estimate of drug-likeness (QED) is 0.741. The second-order valence-electron chi connectivity index (χ2n) is 6.93. The monoisotopic (exact) mass is 322 g/mol. The number of hydrogen-bond acceptors (Lipinski definition) is 2. The lowest BCUT2D eigenvalue weighted by Gasteiger charge is -2.20. The Morgan fingerprint density at radius 1 is 1.29 bits per heavy atom. The molecule has 4 heteroatoms. The van der Waals surface area contributed by atoms with Crippen LogP contribution in [0, 0.1) is 0 Å². The number of hydrogen-bond donors (Lipinski definition) is 1. The number of furan rings is 1. The Bertz CT molecular complexity index is 857. The summed E-state index contributed by atoms with van der Waals surface area (Å²) in [6.45, 7) is 4.88. The molecular formula is C20H22N2O2. The van der Waals surface area contributed by atoms with Crippen molar-refractivity contribution in [2.24, 2.45) is 0 Å². The molecule has 4 rings (SSSR count). The Kier molecular flexibility index (Phi) is 3.68. The number of carbonyl (C=O) groups excluding carboxylic acids is 1. The molecule has 2 aromatic heterocycles. The van der Waals surface area contributed by atoms with E-state index in [1.54, 1.807) is 6.26 Å². The van der Waals surface area contributed by atoms with Crippen LogP contribution in [0.5, 0.6) is 0 Å². The predicted octanol–water partition coefficient (Wildman–Crippen LogP) is 4.69. The first kappa shape index (κ1) is 15.1. The van der Waals surface area contributed by atoms with Gasteiger partial charge in [0, 0.05) is 16.9 Å². The summed E-state index contributed by atoms with van der Waals surface area (Å²) in [5.41, 5.74) is 2.96. The predicted molar refractivity (Wildman–Crippen MR) is 94.0 cm³/mol. The number of aromatic amines is 1. The largest absolute Gasteiger partial charge is 0.467 e. The summed E-state index contributed by atoms with van der Waals surface area (Å²) in [6, 6.07) is 12.4. The minimum Gasteiger partial charge on any atom is -0.467 e. The van der Waals surface area contributed by atoms with E-state index in [9.17, 15) is 4.79 Å². The van der Waals surface area contributed by atoms with Gasteiger partial charge in [-0.2, -0.15) is 0 Å². The number of carbonyl (C=O) groups is 1. The normalized spacial score (nSPS) is 14.5. The van der Waals surface area contributed by atoms with Gasteiger partial charge >= 0.3 is 0 Å². The van der Waals surface area contributed by atoms with E-state index >= 15 is 0 Å². The highest BCUT2D eigenvalue weighted by Gasteiger charge is 2.34. The zero-order valence-corrected chi connectivity index (χ0v) is 14.1. The van der Waals surface area contributed by atoms with Crippen LogP contribution < -0.4 is 0 Å². The molecule has 2 heterocycles. The molecule has 1 amide bonds. The lowest BCUT2D eigenvalue weighted by Crippen LogP contribution is -2.32. The van der Waals surface area contributed by atoms with Crippen LogP contribution in [0.15, 0.2) is 47.1 Å². The van der Waals surface area contributed by atoms with Crippen molar-refractivity contribution in [1.29, 1.82) is 0 Å². The molecule has 24 heavy (non-hydrogen) atoms. The fourth-order valence-electron chi connectivity index (χ4n) is 3.10. The van der Waals surface area contributed by atoms with Gasteiger partial charge in [0.2, 0.25) is 0 Å². The Hall–Kier alpha value is -2.49. The molecule has 0 spiro atoms. The van der Waals surface area contributed by atoms with E-state index in [4.69, 9.17) is 4.42 Å². The Balaban J connectivity index is 1.63. The molecule has 1 aliphatic rings. The van der Waals surface area contributed by atoms with E-state index in [0.717, 1.165) is 29.5 Å². The maximum absolute atomic E-state index is 13.0. The Morgan fingerprint density at radius 3 is 2.79 bits per heavy atom. The maximum Gasteiger partial charge on any atom is 0.270 e. The summed E-state index contributed by atoms with van der Waals surface area (Å²) in [7, 11) is 0. The second kappa shape index (κ2) is 5.86. The van der Waals surface area contributed by atoms with Crippen LogP contribution in [0.1, 0.15) is 54.4 Å². The highest BCUT2D eigenvalue weighted by Crippen LogP contribution is 2.30. The zero-order valence-electron chi connectivity index (χ0n) is 14.1. The standard InChI is InChI=1S/C20H22N2O2/c1-13(2)14-5-6-15-11-19(21-18(15)10-14)20(23)22(16-7-8-16)12-17-4-3-9-24-17/h3-6,9-11,13,16,21H,7-8,12H2,1-2H3. The van der Waals surface area contributed by atoms with Crippen LogP contribution in [0.25, 0.3) is 10.9 Å². The summed E-state index contributed by atoms with van der Waals surface area (Å²) in [5.74, 6) is 1.35. The number of benzene rings is 1. The zero-order chi connectivity index (χ0) is 16.7. The lowest BCUT2D eigenvalue weighted by atomic mass is 10.0. The van der Waals surface area contributed by atoms with Gasteiger partial charge < -0.3 is 14.3 Å². The van der Waals surface area contributed by atoms with Crippen LogP contribution in [-0.4, -0.2) is 21.8 Å². The molecule has 124 valence electrons. The van der Waals surface area contributed by atoms with Crippen molar-refractivity contribution in [3.05, 3.63) is 59.7 Å².